The maximum absolute atomic E-state index is 11.7. The molecule has 0 saturated heterocycles. The number of rotatable bonds is 4. The lowest BCUT2D eigenvalue weighted by Crippen LogP contribution is -2.06. The zero-order chi connectivity index (χ0) is 15.4. The number of anilines is 1. The molecule has 6 heteroatoms. The van der Waals surface area contributed by atoms with Crippen LogP contribution in [0.4, 0.5) is 5.69 Å². The molecule has 0 amide bonds. The molecule has 2 rings (SSSR count). The highest BCUT2D eigenvalue weighted by atomic mass is 79.9. The van der Waals surface area contributed by atoms with Crippen LogP contribution in [0.1, 0.15) is 15.9 Å². The number of hydrogen-bond donors (Lipinski definition) is 1. The van der Waals surface area contributed by atoms with E-state index in [1.165, 1.54) is 7.11 Å². The summed E-state index contributed by atoms with van der Waals surface area (Å²) in [5.74, 6) is -0.118. The van der Waals surface area contributed by atoms with E-state index in [1.54, 1.807) is 24.3 Å². The second-order valence-corrected chi connectivity index (χ2v) is 5.59. The van der Waals surface area contributed by atoms with Gasteiger partial charge in [-0.3, -0.25) is 0 Å². The van der Waals surface area contributed by atoms with Crippen LogP contribution in [0.3, 0.4) is 0 Å². The molecule has 0 atom stereocenters. The number of nitrogens with two attached hydrogens (primary N) is 1. The van der Waals surface area contributed by atoms with Crippen LogP contribution in [0.15, 0.2) is 40.9 Å². The van der Waals surface area contributed by atoms with E-state index in [0.29, 0.717) is 22.0 Å². The van der Waals surface area contributed by atoms with Crippen LogP contribution in [0, 0.1) is 0 Å². The number of esters is 1. The molecule has 110 valence electrons. The first-order valence-corrected chi connectivity index (χ1v) is 7.23. The number of carbonyl (C=O) groups is 1. The molecule has 0 bridgehead atoms. The third kappa shape index (κ3) is 3.89. The third-order valence-electron chi connectivity index (χ3n) is 2.81. The van der Waals surface area contributed by atoms with Crippen molar-refractivity contribution in [3.63, 3.8) is 0 Å². The van der Waals surface area contributed by atoms with Crippen LogP contribution in [0.25, 0.3) is 0 Å². The van der Waals surface area contributed by atoms with Crippen molar-refractivity contribution >= 4 is 39.2 Å². The van der Waals surface area contributed by atoms with Crippen molar-refractivity contribution in [1.29, 1.82) is 0 Å². The number of halogens is 2. The molecule has 0 spiro atoms. The van der Waals surface area contributed by atoms with Gasteiger partial charge < -0.3 is 15.2 Å². The van der Waals surface area contributed by atoms with Crippen LogP contribution < -0.4 is 10.5 Å². The normalized spacial score (nSPS) is 10.2. The summed E-state index contributed by atoms with van der Waals surface area (Å²) in [4.78, 5) is 11.7. The summed E-state index contributed by atoms with van der Waals surface area (Å²) in [6.07, 6.45) is 0. The van der Waals surface area contributed by atoms with E-state index in [1.807, 2.05) is 12.1 Å². The predicted octanol–water partition coefficient (Wildman–Crippen LogP) is 4.05. The fourth-order valence-electron chi connectivity index (χ4n) is 1.73. The van der Waals surface area contributed by atoms with Crippen molar-refractivity contribution in [2.24, 2.45) is 0 Å². The molecular weight excluding hydrogens is 358 g/mol. The first-order chi connectivity index (χ1) is 10.0. The lowest BCUT2D eigenvalue weighted by molar-refractivity contribution is 0.0595. The molecule has 2 N–H and O–H groups in total. The van der Waals surface area contributed by atoms with Crippen molar-refractivity contribution in [3.8, 4) is 5.75 Å². The summed E-state index contributed by atoms with van der Waals surface area (Å²) in [5, 5.41) is 0.577. The number of hydrogen-bond acceptors (Lipinski definition) is 4. The Morgan fingerprint density at radius 3 is 2.71 bits per heavy atom. The summed E-state index contributed by atoms with van der Waals surface area (Å²) in [6, 6.07) is 10.3. The predicted molar refractivity (Wildman–Crippen MR) is 85.7 cm³/mol. The quantitative estimate of drug-likeness (QED) is 0.651. The highest BCUT2D eigenvalue weighted by molar-refractivity contribution is 9.10. The van der Waals surface area contributed by atoms with Crippen molar-refractivity contribution in [3.05, 3.63) is 57.0 Å². The summed E-state index contributed by atoms with van der Waals surface area (Å²) >= 11 is 9.47. The van der Waals surface area contributed by atoms with Gasteiger partial charge in [0.25, 0.3) is 0 Å². The number of nitrogen functional groups attached to an aromatic ring is 1. The second-order valence-electron chi connectivity index (χ2n) is 4.27. The van der Waals surface area contributed by atoms with Crippen molar-refractivity contribution in [2.45, 2.75) is 6.61 Å². The van der Waals surface area contributed by atoms with Crippen molar-refractivity contribution in [1.82, 2.24) is 0 Å². The Balaban J connectivity index is 2.23. The van der Waals surface area contributed by atoms with E-state index in [4.69, 9.17) is 26.8 Å². The summed E-state index contributed by atoms with van der Waals surface area (Å²) < 4.78 is 11.3. The molecule has 0 aliphatic carbocycles. The highest BCUT2D eigenvalue weighted by Gasteiger charge is 2.14. The van der Waals surface area contributed by atoms with Gasteiger partial charge in [-0.25, -0.2) is 4.79 Å². The molecule has 0 fully saturated rings. The Kier molecular flexibility index (Phi) is 5.09. The number of ether oxygens (including phenoxy) is 2. The zero-order valence-electron chi connectivity index (χ0n) is 11.2. The Morgan fingerprint density at radius 2 is 2.05 bits per heavy atom. The maximum Gasteiger partial charge on any atom is 0.341 e. The second kappa shape index (κ2) is 6.83. The first-order valence-electron chi connectivity index (χ1n) is 6.06. The van der Waals surface area contributed by atoms with Gasteiger partial charge in [0, 0.05) is 26.8 Å². The molecular formula is C15H13BrClNO3. The SMILES string of the molecule is COC(=O)c1ccc(N)cc1OCc1ccc(Br)cc1Cl. The molecule has 0 aromatic heterocycles. The zero-order valence-corrected chi connectivity index (χ0v) is 13.6. The van der Waals surface area contributed by atoms with E-state index in [2.05, 4.69) is 15.9 Å². The van der Waals surface area contributed by atoms with Gasteiger partial charge in [0.1, 0.15) is 17.9 Å². The Labute approximate surface area is 135 Å². The largest absolute Gasteiger partial charge is 0.488 e. The van der Waals surface area contributed by atoms with E-state index in [0.717, 1.165) is 10.0 Å². The minimum atomic E-state index is -0.480. The third-order valence-corrected chi connectivity index (χ3v) is 3.65. The monoisotopic (exact) mass is 369 g/mol. The van der Waals surface area contributed by atoms with Crippen LogP contribution in [0.2, 0.25) is 5.02 Å². The van der Waals surface area contributed by atoms with Gasteiger partial charge in [-0.15, -0.1) is 0 Å². The molecule has 0 aliphatic heterocycles. The van der Waals surface area contributed by atoms with Gasteiger partial charge in [0.05, 0.1) is 7.11 Å². The fraction of sp³-hybridized carbons (Fsp3) is 0.133. The van der Waals surface area contributed by atoms with E-state index >= 15 is 0 Å². The van der Waals surface area contributed by atoms with E-state index in [-0.39, 0.29) is 6.61 Å². The van der Waals surface area contributed by atoms with Gasteiger partial charge in [0.2, 0.25) is 0 Å². The minimum Gasteiger partial charge on any atom is -0.488 e. The lowest BCUT2D eigenvalue weighted by atomic mass is 10.2. The molecule has 0 aliphatic rings. The summed E-state index contributed by atoms with van der Waals surface area (Å²) in [7, 11) is 1.31. The topological polar surface area (TPSA) is 61.5 Å². The maximum atomic E-state index is 11.7. The standard InChI is InChI=1S/C15H13BrClNO3/c1-20-15(19)12-5-4-11(18)7-14(12)21-8-9-2-3-10(16)6-13(9)17/h2-7H,8,18H2,1H3. The Bertz CT molecular complexity index is 676. The average molecular weight is 371 g/mol. The Morgan fingerprint density at radius 1 is 1.29 bits per heavy atom. The Hall–Kier alpha value is -1.72. The molecule has 2 aromatic rings. The number of benzene rings is 2. The van der Waals surface area contributed by atoms with Gasteiger partial charge in [-0.1, -0.05) is 33.6 Å². The van der Waals surface area contributed by atoms with Gasteiger partial charge in [0.15, 0.2) is 0 Å². The van der Waals surface area contributed by atoms with Gasteiger partial charge in [-0.2, -0.15) is 0 Å². The highest BCUT2D eigenvalue weighted by Crippen LogP contribution is 2.26. The van der Waals surface area contributed by atoms with E-state index < -0.39 is 5.97 Å². The molecule has 0 unspecified atom stereocenters. The van der Waals surface area contributed by atoms with Crippen molar-refractivity contribution in [2.75, 3.05) is 12.8 Å². The molecule has 0 radical (unpaired) electrons. The fourth-order valence-corrected chi connectivity index (χ4v) is 2.46. The summed E-state index contributed by atoms with van der Waals surface area (Å²) in [6.45, 7) is 0.222. The number of methoxy groups -OCH3 is 1. The molecule has 2 aromatic carbocycles. The summed E-state index contributed by atoms with van der Waals surface area (Å²) in [5.41, 5.74) is 7.35. The van der Waals surface area contributed by atoms with Gasteiger partial charge in [-0.05, 0) is 24.3 Å². The minimum absolute atomic E-state index is 0.222. The van der Waals surface area contributed by atoms with E-state index in [9.17, 15) is 4.79 Å². The van der Waals surface area contributed by atoms with Crippen LogP contribution >= 0.6 is 27.5 Å². The molecule has 4 nitrogen and oxygen atoms in total. The molecule has 21 heavy (non-hydrogen) atoms. The van der Waals surface area contributed by atoms with Crippen molar-refractivity contribution < 1.29 is 14.3 Å². The van der Waals surface area contributed by atoms with Crippen LogP contribution in [-0.4, -0.2) is 13.1 Å². The first kappa shape index (κ1) is 15.7. The molecule has 0 saturated carbocycles. The lowest BCUT2D eigenvalue weighted by Gasteiger charge is -2.12. The smallest absolute Gasteiger partial charge is 0.341 e. The van der Waals surface area contributed by atoms with Crippen LogP contribution in [-0.2, 0) is 11.3 Å². The average Bonchev–Trinajstić information content (AvgIpc) is 2.45. The number of carbonyl (C=O) groups excluding carboxylic acids is 1. The van der Waals surface area contributed by atoms with Crippen LogP contribution in [0.5, 0.6) is 5.75 Å². The molecule has 0 heterocycles. The van der Waals surface area contributed by atoms with Gasteiger partial charge >= 0.3 is 5.97 Å².